The van der Waals surface area contributed by atoms with E-state index in [9.17, 15) is 13.2 Å². The van der Waals surface area contributed by atoms with Crippen molar-refractivity contribution in [2.45, 2.75) is 11.5 Å². The molecule has 0 fully saturated rings. The van der Waals surface area contributed by atoms with Crippen LogP contribution >= 0.6 is 0 Å². The second-order valence-corrected chi connectivity index (χ2v) is 7.67. The number of aromatic nitrogens is 1. The third-order valence-corrected chi connectivity index (χ3v) is 5.21. The predicted octanol–water partition coefficient (Wildman–Crippen LogP) is 3.56. The normalized spacial score (nSPS) is 11.3. The van der Waals surface area contributed by atoms with E-state index in [1.54, 1.807) is 30.5 Å². The van der Waals surface area contributed by atoms with Gasteiger partial charge < -0.3 is 9.84 Å². The van der Waals surface area contributed by atoms with Gasteiger partial charge in [0.05, 0.1) is 16.3 Å². The molecular formula is C21H18N2O5S. The first-order chi connectivity index (χ1) is 13.9. The molecule has 0 bridgehead atoms. The van der Waals surface area contributed by atoms with Gasteiger partial charge in [-0.1, -0.05) is 24.3 Å². The van der Waals surface area contributed by atoms with Crippen molar-refractivity contribution >= 4 is 27.8 Å². The molecule has 0 amide bonds. The Morgan fingerprint density at radius 1 is 1.07 bits per heavy atom. The van der Waals surface area contributed by atoms with Crippen LogP contribution < -0.4 is 9.46 Å². The molecule has 0 atom stereocenters. The van der Waals surface area contributed by atoms with Gasteiger partial charge in [0.2, 0.25) is 0 Å². The number of ether oxygens (including phenoxy) is 1. The lowest BCUT2D eigenvalue weighted by Crippen LogP contribution is -2.13. The minimum Gasteiger partial charge on any atom is -0.487 e. The lowest BCUT2D eigenvalue weighted by atomic mass is 10.2. The van der Waals surface area contributed by atoms with E-state index in [2.05, 4.69) is 9.71 Å². The van der Waals surface area contributed by atoms with Crippen molar-refractivity contribution in [2.75, 3.05) is 4.72 Å². The highest BCUT2D eigenvalue weighted by Gasteiger charge is 2.14. The first-order valence-corrected chi connectivity index (χ1v) is 10.1. The van der Waals surface area contributed by atoms with Gasteiger partial charge >= 0.3 is 5.97 Å². The zero-order chi connectivity index (χ0) is 20.7. The van der Waals surface area contributed by atoms with Crippen LogP contribution in [0.15, 0.2) is 83.9 Å². The van der Waals surface area contributed by atoms with E-state index in [-0.39, 0.29) is 11.5 Å². The number of anilines is 1. The summed E-state index contributed by atoms with van der Waals surface area (Å²) in [5.41, 5.74) is 1.70. The number of sulfonamides is 1. The van der Waals surface area contributed by atoms with Gasteiger partial charge in [-0.2, -0.15) is 0 Å². The summed E-state index contributed by atoms with van der Waals surface area (Å²) in [6, 6.07) is 18.0. The second-order valence-electron chi connectivity index (χ2n) is 5.98. The maximum absolute atomic E-state index is 12.6. The van der Waals surface area contributed by atoms with Crippen LogP contribution in [0.1, 0.15) is 11.3 Å². The first-order valence-electron chi connectivity index (χ1n) is 8.59. The van der Waals surface area contributed by atoms with Gasteiger partial charge in [-0.3, -0.25) is 9.71 Å². The van der Waals surface area contributed by atoms with Crippen molar-refractivity contribution in [1.82, 2.24) is 4.98 Å². The molecule has 1 heterocycles. The number of carboxylic acid groups (broad SMARTS) is 1. The maximum atomic E-state index is 12.6. The molecule has 7 nitrogen and oxygen atoms in total. The van der Waals surface area contributed by atoms with E-state index in [4.69, 9.17) is 9.84 Å². The average molecular weight is 410 g/mol. The molecule has 8 heteroatoms. The minimum atomic E-state index is -3.80. The summed E-state index contributed by atoms with van der Waals surface area (Å²) in [6.07, 6.45) is 4.04. The number of benzene rings is 2. The molecule has 148 valence electrons. The number of rotatable bonds is 8. The van der Waals surface area contributed by atoms with Crippen molar-refractivity contribution < 1.29 is 23.1 Å². The molecule has 2 N–H and O–H groups in total. The first kappa shape index (κ1) is 20.1. The van der Waals surface area contributed by atoms with E-state index in [0.29, 0.717) is 17.0 Å². The number of pyridine rings is 1. The zero-order valence-electron chi connectivity index (χ0n) is 15.2. The topological polar surface area (TPSA) is 106 Å². The molecule has 2 aromatic carbocycles. The van der Waals surface area contributed by atoms with Crippen molar-refractivity contribution in [3.63, 3.8) is 0 Å². The van der Waals surface area contributed by atoms with Gasteiger partial charge in [-0.25, -0.2) is 13.2 Å². The van der Waals surface area contributed by atoms with Gasteiger partial charge in [-0.05, 0) is 48.0 Å². The summed E-state index contributed by atoms with van der Waals surface area (Å²) < 4.78 is 33.4. The number of carboxylic acids is 1. The molecule has 0 saturated carbocycles. The Balaban J connectivity index is 1.69. The Bertz CT molecular complexity index is 1110. The summed E-state index contributed by atoms with van der Waals surface area (Å²) >= 11 is 0. The Hall–Kier alpha value is -3.65. The van der Waals surface area contributed by atoms with Gasteiger partial charge in [-0.15, -0.1) is 0 Å². The predicted molar refractivity (Wildman–Crippen MR) is 109 cm³/mol. The van der Waals surface area contributed by atoms with Crippen LogP contribution in [-0.2, 0) is 21.4 Å². The van der Waals surface area contributed by atoms with Crippen molar-refractivity contribution in [3.8, 4) is 5.75 Å². The van der Waals surface area contributed by atoms with E-state index in [1.165, 1.54) is 30.3 Å². The third-order valence-electron chi connectivity index (χ3n) is 3.81. The molecule has 0 saturated heterocycles. The summed E-state index contributed by atoms with van der Waals surface area (Å²) in [5.74, 6) is -0.571. The highest BCUT2D eigenvalue weighted by atomic mass is 32.2. The molecule has 3 aromatic rings. The minimum absolute atomic E-state index is 0.0600. The Kier molecular flexibility index (Phi) is 6.25. The summed E-state index contributed by atoms with van der Waals surface area (Å²) in [4.78, 5) is 14.8. The fraction of sp³-hybridized carbons (Fsp3) is 0.0476. The second kappa shape index (κ2) is 9.03. The van der Waals surface area contributed by atoms with Crippen LogP contribution in [0.25, 0.3) is 6.08 Å². The Labute approximate surface area is 168 Å². The molecule has 3 rings (SSSR count). The maximum Gasteiger partial charge on any atom is 0.328 e. The lowest BCUT2D eigenvalue weighted by Gasteiger charge is -2.11. The summed E-state index contributed by atoms with van der Waals surface area (Å²) in [5, 5.41) is 8.64. The van der Waals surface area contributed by atoms with Crippen molar-refractivity contribution in [2.24, 2.45) is 0 Å². The number of nitrogens with zero attached hydrogens (tertiary/aromatic N) is 1. The number of aliphatic carboxylic acids is 1. The highest BCUT2D eigenvalue weighted by molar-refractivity contribution is 7.92. The molecule has 0 aliphatic carbocycles. The molecule has 0 spiro atoms. The van der Waals surface area contributed by atoms with Crippen LogP contribution in [0.3, 0.4) is 0 Å². The van der Waals surface area contributed by atoms with Gasteiger partial charge in [0, 0.05) is 18.3 Å². The van der Waals surface area contributed by atoms with Crippen LogP contribution in [0, 0.1) is 0 Å². The van der Waals surface area contributed by atoms with Gasteiger partial charge in [0.25, 0.3) is 10.0 Å². The smallest absolute Gasteiger partial charge is 0.328 e. The largest absolute Gasteiger partial charge is 0.487 e. The number of carbonyl (C=O) groups is 1. The van der Waals surface area contributed by atoms with Gasteiger partial charge in [0.15, 0.2) is 0 Å². The molecular weight excluding hydrogens is 392 g/mol. The van der Waals surface area contributed by atoms with E-state index >= 15 is 0 Å². The Morgan fingerprint density at radius 3 is 2.55 bits per heavy atom. The number of hydrogen-bond donors (Lipinski definition) is 2. The van der Waals surface area contributed by atoms with Crippen molar-refractivity contribution in [3.05, 3.63) is 90.3 Å². The van der Waals surface area contributed by atoms with Gasteiger partial charge in [0.1, 0.15) is 12.4 Å². The van der Waals surface area contributed by atoms with Crippen LogP contribution in [0.5, 0.6) is 5.75 Å². The lowest BCUT2D eigenvalue weighted by molar-refractivity contribution is -0.131. The van der Waals surface area contributed by atoms with Crippen LogP contribution in [0.2, 0.25) is 0 Å². The van der Waals surface area contributed by atoms with Crippen LogP contribution in [-0.4, -0.2) is 24.5 Å². The summed E-state index contributed by atoms with van der Waals surface area (Å²) in [6.45, 7) is 0.266. The summed E-state index contributed by atoms with van der Waals surface area (Å²) in [7, 11) is -3.80. The molecule has 0 unspecified atom stereocenters. The standard InChI is InChI=1S/C21H18N2O5S/c24-21(25)12-9-16-7-10-20(11-8-16)29(26,27)23-17-5-3-6-19(14-17)28-15-18-4-1-2-13-22-18/h1-14,23H,15H2,(H,24,25)/b12-9+. The SMILES string of the molecule is O=C(O)/C=C/c1ccc(S(=O)(=O)Nc2cccc(OCc3ccccn3)c2)cc1. The molecule has 0 aliphatic heterocycles. The monoisotopic (exact) mass is 410 g/mol. The molecule has 29 heavy (non-hydrogen) atoms. The number of nitrogens with one attached hydrogen (secondary N) is 1. The molecule has 0 aliphatic rings. The zero-order valence-corrected chi connectivity index (χ0v) is 16.0. The van der Waals surface area contributed by atoms with Crippen LogP contribution in [0.4, 0.5) is 5.69 Å². The Morgan fingerprint density at radius 2 is 1.86 bits per heavy atom. The third kappa shape index (κ3) is 5.91. The number of hydrogen-bond acceptors (Lipinski definition) is 5. The van der Waals surface area contributed by atoms with E-state index in [1.807, 2.05) is 18.2 Å². The van der Waals surface area contributed by atoms with E-state index in [0.717, 1.165) is 11.8 Å². The molecule has 1 aromatic heterocycles. The molecule has 0 radical (unpaired) electrons. The van der Waals surface area contributed by atoms with E-state index < -0.39 is 16.0 Å². The van der Waals surface area contributed by atoms with Crippen molar-refractivity contribution in [1.29, 1.82) is 0 Å². The average Bonchev–Trinajstić information content (AvgIpc) is 2.72. The fourth-order valence-corrected chi connectivity index (χ4v) is 3.48. The fourth-order valence-electron chi connectivity index (χ4n) is 2.43. The highest BCUT2D eigenvalue weighted by Crippen LogP contribution is 2.22. The quantitative estimate of drug-likeness (QED) is 0.550.